The van der Waals surface area contributed by atoms with E-state index in [1.165, 1.54) is 4.90 Å². The molecule has 2 amide bonds. The summed E-state index contributed by atoms with van der Waals surface area (Å²) in [6, 6.07) is 1.85. The molecule has 1 saturated heterocycles. The van der Waals surface area contributed by atoms with E-state index in [0.29, 0.717) is 0 Å². The molecule has 1 aliphatic carbocycles. The van der Waals surface area contributed by atoms with Crippen LogP contribution in [0.1, 0.15) is 38.5 Å². The van der Waals surface area contributed by atoms with Gasteiger partial charge in [-0.15, -0.1) is 0 Å². The quantitative estimate of drug-likeness (QED) is 0.903. The van der Waals surface area contributed by atoms with Gasteiger partial charge in [-0.05, 0) is 32.1 Å². The SMILES string of the molecule is O=C1CN(C(=O)CC2CCC3(CCC3)O2)c2cc(F)c(F)cc2N1. The molecule has 4 rings (SSSR count). The highest BCUT2D eigenvalue weighted by Gasteiger charge is 2.45. The molecule has 1 aromatic rings. The molecule has 1 atom stereocenters. The monoisotopic (exact) mass is 336 g/mol. The summed E-state index contributed by atoms with van der Waals surface area (Å²) >= 11 is 0. The molecule has 3 aliphatic rings. The number of hydrogen-bond acceptors (Lipinski definition) is 3. The predicted octanol–water partition coefficient (Wildman–Crippen LogP) is 2.74. The molecule has 2 heterocycles. The number of carbonyl (C=O) groups is 2. The second-order valence-corrected chi connectivity index (χ2v) is 6.83. The predicted molar refractivity (Wildman–Crippen MR) is 82.6 cm³/mol. The van der Waals surface area contributed by atoms with Crippen LogP contribution in [0.4, 0.5) is 20.2 Å². The van der Waals surface area contributed by atoms with Gasteiger partial charge >= 0.3 is 0 Å². The van der Waals surface area contributed by atoms with Gasteiger partial charge in [0.05, 0.1) is 29.5 Å². The van der Waals surface area contributed by atoms with Crippen LogP contribution in [-0.4, -0.2) is 30.1 Å². The van der Waals surface area contributed by atoms with Gasteiger partial charge in [0.1, 0.15) is 6.54 Å². The molecular formula is C17H18F2N2O3. The normalized spacial score (nSPS) is 24.5. The lowest BCUT2D eigenvalue weighted by Gasteiger charge is -2.38. The first-order chi connectivity index (χ1) is 11.5. The van der Waals surface area contributed by atoms with Crippen molar-refractivity contribution < 1.29 is 23.1 Å². The Morgan fingerprint density at radius 3 is 2.71 bits per heavy atom. The number of benzene rings is 1. The van der Waals surface area contributed by atoms with Crippen LogP contribution in [0.25, 0.3) is 0 Å². The van der Waals surface area contributed by atoms with E-state index in [9.17, 15) is 18.4 Å². The van der Waals surface area contributed by atoms with E-state index in [0.717, 1.165) is 44.2 Å². The lowest BCUT2D eigenvalue weighted by molar-refractivity contribution is -0.128. The van der Waals surface area contributed by atoms with E-state index in [-0.39, 0.29) is 42.0 Å². The second-order valence-electron chi connectivity index (χ2n) is 6.83. The van der Waals surface area contributed by atoms with Gasteiger partial charge in [-0.3, -0.25) is 9.59 Å². The van der Waals surface area contributed by atoms with Crippen molar-refractivity contribution >= 4 is 23.2 Å². The number of rotatable bonds is 2. The molecule has 1 aromatic carbocycles. The van der Waals surface area contributed by atoms with Gasteiger partial charge in [-0.1, -0.05) is 0 Å². The van der Waals surface area contributed by atoms with Crippen molar-refractivity contribution in [2.24, 2.45) is 0 Å². The molecule has 1 N–H and O–H groups in total. The lowest BCUT2D eigenvalue weighted by atomic mass is 9.78. The van der Waals surface area contributed by atoms with E-state index in [1.54, 1.807) is 0 Å². The summed E-state index contributed by atoms with van der Waals surface area (Å²) in [6.45, 7) is -0.200. The first-order valence-corrected chi connectivity index (χ1v) is 8.23. The summed E-state index contributed by atoms with van der Waals surface area (Å²) < 4.78 is 32.9. The van der Waals surface area contributed by atoms with Gasteiger partial charge in [0, 0.05) is 12.1 Å². The van der Waals surface area contributed by atoms with Crippen LogP contribution < -0.4 is 10.2 Å². The number of fused-ring (bicyclic) bond motifs is 1. The van der Waals surface area contributed by atoms with E-state index in [1.807, 2.05) is 0 Å². The van der Waals surface area contributed by atoms with Crippen LogP contribution >= 0.6 is 0 Å². The second kappa shape index (κ2) is 5.51. The van der Waals surface area contributed by atoms with Gasteiger partial charge in [-0.2, -0.15) is 0 Å². The number of nitrogens with one attached hydrogen (secondary N) is 1. The van der Waals surface area contributed by atoms with E-state index in [2.05, 4.69) is 5.32 Å². The topological polar surface area (TPSA) is 58.6 Å². The summed E-state index contributed by atoms with van der Waals surface area (Å²) in [5.74, 6) is -2.84. The number of nitrogens with zero attached hydrogens (tertiary/aromatic N) is 1. The highest BCUT2D eigenvalue weighted by Crippen LogP contribution is 2.46. The Labute approximate surface area is 138 Å². The molecule has 1 saturated carbocycles. The van der Waals surface area contributed by atoms with Crippen molar-refractivity contribution in [2.75, 3.05) is 16.8 Å². The maximum Gasteiger partial charge on any atom is 0.244 e. The summed E-state index contributed by atoms with van der Waals surface area (Å²) in [6.07, 6.45) is 4.99. The minimum Gasteiger partial charge on any atom is -0.371 e. The van der Waals surface area contributed by atoms with E-state index in [4.69, 9.17) is 4.74 Å². The Morgan fingerprint density at radius 1 is 1.29 bits per heavy atom. The molecule has 128 valence electrons. The zero-order valence-corrected chi connectivity index (χ0v) is 13.1. The molecule has 0 bridgehead atoms. The van der Waals surface area contributed by atoms with Crippen molar-refractivity contribution in [3.8, 4) is 0 Å². The third-order valence-corrected chi connectivity index (χ3v) is 5.21. The summed E-state index contributed by atoms with van der Waals surface area (Å²) in [5.41, 5.74) is 0.258. The van der Waals surface area contributed by atoms with Crippen LogP contribution in [0.15, 0.2) is 12.1 Å². The molecular weight excluding hydrogens is 318 g/mol. The number of halogens is 2. The highest BCUT2D eigenvalue weighted by molar-refractivity contribution is 6.10. The van der Waals surface area contributed by atoms with Gasteiger partial charge < -0.3 is 15.0 Å². The Kier molecular flexibility index (Phi) is 3.56. The molecule has 1 spiro atoms. The van der Waals surface area contributed by atoms with Gasteiger partial charge in [0.2, 0.25) is 11.8 Å². The van der Waals surface area contributed by atoms with Crippen molar-refractivity contribution in [1.29, 1.82) is 0 Å². The van der Waals surface area contributed by atoms with Crippen molar-refractivity contribution in [2.45, 2.75) is 50.2 Å². The van der Waals surface area contributed by atoms with Crippen LogP contribution in [0.3, 0.4) is 0 Å². The van der Waals surface area contributed by atoms with E-state index >= 15 is 0 Å². The van der Waals surface area contributed by atoms with Crippen molar-refractivity contribution in [3.05, 3.63) is 23.8 Å². The van der Waals surface area contributed by atoms with Gasteiger partial charge in [0.15, 0.2) is 11.6 Å². The first-order valence-electron chi connectivity index (χ1n) is 8.23. The number of anilines is 2. The van der Waals surface area contributed by atoms with Crippen LogP contribution in [0.2, 0.25) is 0 Å². The molecule has 1 unspecified atom stereocenters. The first kappa shape index (κ1) is 15.5. The van der Waals surface area contributed by atoms with E-state index < -0.39 is 17.5 Å². The highest BCUT2D eigenvalue weighted by atomic mass is 19.2. The maximum atomic E-state index is 13.6. The molecule has 24 heavy (non-hydrogen) atoms. The molecule has 0 radical (unpaired) electrons. The Balaban J connectivity index is 1.52. The third-order valence-electron chi connectivity index (χ3n) is 5.21. The summed E-state index contributed by atoms with van der Waals surface area (Å²) in [7, 11) is 0. The minimum absolute atomic E-state index is 0.0443. The fourth-order valence-electron chi connectivity index (χ4n) is 3.78. The maximum absolute atomic E-state index is 13.6. The van der Waals surface area contributed by atoms with Crippen molar-refractivity contribution in [1.82, 2.24) is 0 Å². The smallest absolute Gasteiger partial charge is 0.244 e. The molecule has 2 fully saturated rings. The molecule has 7 heteroatoms. The third kappa shape index (κ3) is 2.56. The van der Waals surface area contributed by atoms with Crippen LogP contribution in [-0.2, 0) is 14.3 Å². The number of hydrogen-bond donors (Lipinski definition) is 1. The number of carbonyl (C=O) groups excluding carboxylic acids is 2. The Bertz CT molecular complexity index is 718. The Hall–Kier alpha value is -2.02. The fourth-order valence-corrected chi connectivity index (χ4v) is 3.78. The van der Waals surface area contributed by atoms with Gasteiger partial charge in [0.25, 0.3) is 0 Å². The number of amides is 2. The number of ether oxygens (including phenoxy) is 1. The van der Waals surface area contributed by atoms with Crippen LogP contribution in [0.5, 0.6) is 0 Å². The lowest BCUT2D eigenvalue weighted by Crippen LogP contribution is -2.44. The standard InChI is InChI=1S/C17H18F2N2O3/c18-11-7-13-14(8-12(11)19)21(9-15(22)20-13)16(23)6-10-2-5-17(24-10)3-1-4-17/h7-8,10H,1-6,9H2,(H,20,22). The van der Waals surface area contributed by atoms with Gasteiger partial charge in [-0.25, -0.2) is 8.78 Å². The van der Waals surface area contributed by atoms with Crippen molar-refractivity contribution in [3.63, 3.8) is 0 Å². The molecule has 2 aliphatic heterocycles. The largest absolute Gasteiger partial charge is 0.371 e. The zero-order valence-electron chi connectivity index (χ0n) is 13.1. The average Bonchev–Trinajstić information content (AvgIpc) is 2.92. The fraction of sp³-hybridized carbons (Fsp3) is 0.529. The summed E-state index contributed by atoms with van der Waals surface area (Å²) in [4.78, 5) is 25.6. The zero-order chi connectivity index (χ0) is 16.9. The average molecular weight is 336 g/mol. The Morgan fingerprint density at radius 2 is 2.04 bits per heavy atom. The molecule has 5 nitrogen and oxygen atoms in total. The minimum atomic E-state index is -1.06. The summed E-state index contributed by atoms with van der Waals surface area (Å²) in [5, 5.41) is 2.47. The molecule has 0 aromatic heterocycles. The van der Waals surface area contributed by atoms with Crippen LogP contribution in [0, 0.1) is 11.6 Å².